The van der Waals surface area contributed by atoms with Crippen LogP contribution in [0.15, 0.2) is 91.0 Å². The lowest BCUT2D eigenvalue weighted by molar-refractivity contribution is -0.134. The number of para-hydroxylation sites is 1. The van der Waals surface area contributed by atoms with Crippen molar-refractivity contribution in [2.45, 2.75) is 25.2 Å². The molecule has 0 spiro atoms. The average molecular weight is 413 g/mol. The van der Waals surface area contributed by atoms with Gasteiger partial charge in [0.1, 0.15) is 0 Å². The van der Waals surface area contributed by atoms with E-state index >= 15 is 0 Å². The van der Waals surface area contributed by atoms with E-state index < -0.39 is 0 Å². The topological polar surface area (TPSA) is 49.4 Å². The van der Waals surface area contributed by atoms with Gasteiger partial charge in [0, 0.05) is 31.1 Å². The van der Waals surface area contributed by atoms with Gasteiger partial charge in [-0.1, -0.05) is 78.9 Å². The number of benzene rings is 3. The van der Waals surface area contributed by atoms with E-state index in [1.165, 1.54) is 0 Å². The number of amides is 2. The third kappa shape index (κ3) is 5.40. The minimum Gasteiger partial charge on any atom is -0.342 e. The van der Waals surface area contributed by atoms with Gasteiger partial charge in [-0.15, -0.1) is 0 Å². The second-order valence-electron chi connectivity index (χ2n) is 8.11. The molecule has 0 aliphatic carbocycles. The number of piperidine rings is 1. The molecular formula is C27H28N2O2. The molecule has 1 fully saturated rings. The molecule has 0 unspecified atom stereocenters. The van der Waals surface area contributed by atoms with Gasteiger partial charge in [-0.3, -0.25) is 9.59 Å². The van der Waals surface area contributed by atoms with Crippen LogP contribution in [0.2, 0.25) is 0 Å². The van der Waals surface area contributed by atoms with Gasteiger partial charge in [-0.05, 0) is 36.1 Å². The zero-order valence-corrected chi connectivity index (χ0v) is 17.6. The Morgan fingerprint density at radius 2 is 1.39 bits per heavy atom. The largest absolute Gasteiger partial charge is 0.342 e. The molecule has 1 N–H and O–H groups in total. The molecule has 2 amide bonds. The quantitative estimate of drug-likeness (QED) is 0.613. The van der Waals surface area contributed by atoms with Crippen LogP contribution in [0.1, 0.15) is 36.3 Å². The van der Waals surface area contributed by atoms with Crippen molar-refractivity contribution in [3.05, 3.63) is 102 Å². The lowest BCUT2D eigenvalue weighted by Gasteiger charge is -2.33. The molecule has 3 aromatic rings. The highest BCUT2D eigenvalue weighted by molar-refractivity contribution is 5.93. The van der Waals surface area contributed by atoms with Crippen molar-refractivity contribution in [1.82, 2.24) is 4.90 Å². The van der Waals surface area contributed by atoms with Gasteiger partial charge in [-0.25, -0.2) is 0 Å². The molecule has 0 bridgehead atoms. The summed E-state index contributed by atoms with van der Waals surface area (Å²) >= 11 is 0. The molecule has 0 saturated carbocycles. The summed E-state index contributed by atoms with van der Waals surface area (Å²) < 4.78 is 0. The van der Waals surface area contributed by atoms with Crippen molar-refractivity contribution < 1.29 is 9.59 Å². The van der Waals surface area contributed by atoms with Gasteiger partial charge in [0.15, 0.2) is 0 Å². The zero-order valence-electron chi connectivity index (χ0n) is 17.6. The number of hydrogen-bond acceptors (Lipinski definition) is 2. The molecule has 1 atom stereocenters. The number of anilines is 1. The Hall–Kier alpha value is -3.40. The molecular weight excluding hydrogens is 384 g/mol. The predicted octanol–water partition coefficient (Wildman–Crippen LogP) is 5.09. The van der Waals surface area contributed by atoms with E-state index in [0.29, 0.717) is 19.5 Å². The standard InChI is InChI=1S/C27H28N2O2/c30-26(19-25(21-11-4-1-5-12-21)22-13-6-2-7-14-22)29-18-10-15-23(20-29)27(31)28-24-16-8-3-9-17-24/h1-9,11-14,16-17,23,25H,10,15,18-20H2,(H,28,31)/t23-/m0/s1. The fourth-order valence-corrected chi connectivity index (χ4v) is 4.29. The first-order valence-electron chi connectivity index (χ1n) is 10.9. The lowest BCUT2D eigenvalue weighted by Crippen LogP contribution is -2.44. The van der Waals surface area contributed by atoms with Gasteiger partial charge in [-0.2, -0.15) is 0 Å². The maximum atomic E-state index is 13.3. The van der Waals surface area contributed by atoms with E-state index in [2.05, 4.69) is 29.6 Å². The fourth-order valence-electron chi connectivity index (χ4n) is 4.29. The summed E-state index contributed by atoms with van der Waals surface area (Å²) in [6, 6.07) is 29.9. The van der Waals surface area contributed by atoms with Gasteiger partial charge < -0.3 is 10.2 Å². The van der Waals surface area contributed by atoms with E-state index in [-0.39, 0.29) is 23.7 Å². The molecule has 4 nitrogen and oxygen atoms in total. The van der Waals surface area contributed by atoms with E-state index in [9.17, 15) is 9.59 Å². The van der Waals surface area contributed by atoms with Gasteiger partial charge in [0.25, 0.3) is 0 Å². The van der Waals surface area contributed by atoms with Crippen LogP contribution in [-0.2, 0) is 9.59 Å². The van der Waals surface area contributed by atoms with E-state index in [1.807, 2.05) is 71.6 Å². The van der Waals surface area contributed by atoms with Crippen LogP contribution in [-0.4, -0.2) is 29.8 Å². The summed E-state index contributed by atoms with van der Waals surface area (Å²) in [7, 11) is 0. The summed E-state index contributed by atoms with van der Waals surface area (Å²) in [4.78, 5) is 27.9. The first-order valence-corrected chi connectivity index (χ1v) is 10.9. The van der Waals surface area contributed by atoms with Crippen LogP contribution in [0.3, 0.4) is 0 Å². The second-order valence-corrected chi connectivity index (χ2v) is 8.11. The number of carbonyl (C=O) groups is 2. The van der Waals surface area contributed by atoms with E-state index in [4.69, 9.17) is 0 Å². The highest BCUT2D eigenvalue weighted by atomic mass is 16.2. The summed E-state index contributed by atoms with van der Waals surface area (Å²) in [5.74, 6) is -0.0699. The smallest absolute Gasteiger partial charge is 0.229 e. The van der Waals surface area contributed by atoms with Gasteiger partial charge >= 0.3 is 0 Å². The van der Waals surface area contributed by atoms with Crippen LogP contribution in [0, 0.1) is 5.92 Å². The highest BCUT2D eigenvalue weighted by Crippen LogP contribution is 2.29. The van der Waals surface area contributed by atoms with Gasteiger partial charge in [0.2, 0.25) is 11.8 Å². The Labute approximate surface area is 183 Å². The number of hydrogen-bond donors (Lipinski definition) is 1. The molecule has 1 aliphatic rings. The third-order valence-electron chi connectivity index (χ3n) is 5.97. The number of rotatable bonds is 6. The Morgan fingerprint density at radius 3 is 1.97 bits per heavy atom. The lowest BCUT2D eigenvalue weighted by atomic mass is 9.87. The number of nitrogens with zero attached hydrogens (tertiary/aromatic N) is 1. The minimum atomic E-state index is -0.176. The zero-order chi connectivity index (χ0) is 21.5. The van der Waals surface area contributed by atoms with Crippen molar-refractivity contribution in [3.8, 4) is 0 Å². The summed E-state index contributed by atoms with van der Waals surface area (Å²) in [5, 5.41) is 2.99. The van der Waals surface area contributed by atoms with Crippen molar-refractivity contribution in [3.63, 3.8) is 0 Å². The van der Waals surface area contributed by atoms with Crippen molar-refractivity contribution in [2.24, 2.45) is 5.92 Å². The summed E-state index contributed by atoms with van der Waals surface area (Å²) in [6.07, 6.45) is 2.06. The summed E-state index contributed by atoms with van der Waals surface area (Å²) in [5.41, 5.74) is 3.07. The van der Waals surface area contributed by atoms with E-state index in [1.54, 1.807) is 0 Å². The summed E-state index contributed by atoms with van der Waals surface area (Å²) in [6.45, 7) is 1.19. The van der Waals surface area contributed by atoms with Crippen molar-refractivity contribution >= 4 is 17.5 Å². The normalized spacial score (nSPS) is 16.2. The number of likely N-dealkylation sites (tertiary alicyclic amines) is 1. The Kier molecular flexibility index (Phi) is 6.78. The molecule has 1 heterocycles. The van der Waals surface area contributed by atoms with Crippen LogP contribution in [0.5, 0.6) is 0 Å². The monoisotopic (exact) mass is 412 g/mol. The molecule has 158 valence electrons. The fraction of sp³-hybridized carbons (Fsp3) is 0.259. The Bertz CT molecular complexity index is 950. The second kappa shape index (κ2) is 10.1. The first-order chi connectivity index (χ1) is 15.2. The Morgan fingerprint density at radius 1 is 0.839 bits per heavy atom. The Balaban J connectivity index is 1.44. The maximum absolute atomic E-state index is 13.3. The van der Waals surface area contributed by atoms with Crippen LogP contribution in [0.4, 0.5) is 5.69 Å². The molecule has 0 radical (unpaired) electrons. The third-order valence-corrected chi connectivity index (χ3v) is 5.97. The molecule has 3 aromatic carbocycles. The van der Waals surface area contributed by atoms with Crippen molar-refractivity contribution in [1.29, 1.82) is 0 Å². The molecule has 0 aromatic heterocycles. The minimum absolute atomic E-state index is 0.00780. The predicted molar refractivity (Wildman–Crippen MR) is 124 cm³/mol. The number of carbonyl (C=O) groups excluding carboxylic acids is 2. The van der Waals surface area contributed by atoms with Crippen LogP contribution < -0.4 is 5.32 Å². The van der Waals surface area contributed by atoms with Gasteiger partial charge in [0.05, 0.1) is 5.92 Å². The van der Waals surface area contributed by atoms with Crippen LogP contribution in [0.25, 0.3) is 0 Å². The number of nitrogens with one attached hydrogen (secondary N) is 1. The molecule has 1 aliphatic heterocycles. The SMILES string of the molecule is O=C(Nc1ccccc1)[C@H]1CCCN(C(=O)CC(c2ccccc2)c2ccccc2)C1. The van der Waals surface area contributed by atoms with Crippen molar-refractivity contribution in [2.75, 3.05) is 18.4 Å². The highest BCUT2D eigenvalue weighted by Gasteiger charge is 2.30. The van der Waals surface area contributed by atoms with Crippen LogP contribution >= 0.6 is 0 Å². The maximum Gasteiger partial charge on any atom is 0.229 e. The average Bonchev–Trinajstić information content (AvgIpc) is 2.84. The molecule has 1 saturated heterocycles. The first kappa shape index (κ1) is 20.9. The molecule has 31 heavy (non-hydrogen) atoms. The molecule has 4 rings (SSSR count). The van der Waals surface area contributed by atoms with E-state index in [0.717, 1.165) is 29.7 Å². The molecule has 4 heteroatoms.